The van der Waals surface area contributed by atoms with Gasteiger partial charge < -0.3 is 14.8 Å². The van der Waals surface area contributed by atoms with E-state index in [-0.39, 0.29) is 11.6 Å². The van der Waals surface area contributed by atoms with Gasteiger partial charge in [0.25, 0.3) is 5.89 Å². The third-order valence-corrected chi connectivity index (χ3v) is 2.96. The predicted octanol–water partition coefficient (Wildman–Crippen LogP) is 3.09. The summed E-state index contributed by atoms with van der Waals surface area (Å²) < 4.78 is 5.18. The van der Waals surface area contributed by atoms with E-state index in [0.717, 1.165) is 5.39 Å². The standard InChI is InChI=1S/C15H12N2O3/c1-9-8-16-15(20-9)14(19)17-12-6-2-5-11-10(12)4-3-7-13(11)18/h2-8,18H,1H3,(H,17,19). The number of hydrogen-bond donors (Lipinski definition) is 2. The molecule has 0 fully saturated rings. The zero-order chi connectivity index (χ0) is 14.1. The number of phenols is 1. The first-order valence-corrected chi connectivity index (χ1v) is 6.09. The van der Waals surface area contributed by atoms with Gasteiger partial charge in [-0.3, -0.25) is 4.79 Å². The fourth-order valence-electron chi connectivity index (χ4n) is 2.04. The van der Waals surface area contributed by atoms with Crippen LogP contribution in [0.3, 0.4) is 0 Å². The second kappa shape index (κ2) is 4.70. The molecule has 0 aliphatic heterocycles. The Kier molecular flexibility index (Phi) is 2.87. The summed E-state index contributed by atoms with van der Waals surface area (Å²) in [5, 5.41) is 14.0. The molecule has 0 radical (unpaired) electrons. The van der Waals surface area contributed by atoms with Gasteiger partial charge in [0, 0.05) is 16.5 Å². The summed E-state index contributed by atoms with van der Waals surface area (Å²) >= 11 is 0. The monoisotopic (exact) mass is 268 g/mol. The lowest BCUT2D eigenvalue weighted by atomic mass is 10.1. The Balaban J connectivity index is 1.99. The van der Waals surface area contributed by atoms with Crippen molar-refractivity contribution in [1.29, 1.82) is 0 Å². The molecule has 1 aromatic heterocycles. The molecular formula is C15H12N2O3. The number of fused-ring (bicyclic) bond motifs is 1. The van der Waals surface area contributed by atoms with Crippen LogP contribution in [-0.2, 0) is 0 Å². The SMILES string of the molecule is Cc1cnc(C(=O)Nc2cccc3c(O)cccc23)o1. The molecule has 0 unspecified atom stereocenters. The number of nitrogens with one attached hydrogen (secondary N) is 1. The van der Waals surface area contributed by atoms with Gasteiger partial charge in [-0.1, -0.05) is 24.3 Å². The lowest BCUT2D eigenvalue weighted by molar-refractivity contribution is 0.0989. The van der Waals surface area contributed by atoms with E-state index >= 15 is 0 Å². The molecule has 0 aliphatic carbocycles. The van der Waals surface area contributed by atoms with E-state index in [4.69, 9.17) is 4.42 Å². The van der Waals surface area contributed by atoms with Gasteiger partial charge in [0.1, 0.15) is 11.5 Å². The molecule has 0 saturated heterocycles. The largest absolute Gasteiger partial charge is 0.507 e. The summed E-state index contributed by atoms with van der Waals surface area (Å²) in [6.07, 6.45) is 1.49. The summed E-state index contributed by atoms with van der Waals surface area (Å²) in [6, 6.07) is 10.5. The molecule has 5 nitrogen and oxygen atoms in total. The number of oxazole rings is 1. The quantitative estimate of drug-likeness (QED) is 0.748. The maximum atomic E-state index is 12.0. The lowest BCUT2D eigenvalue weighted by Crippen LogP contribution is -2.12. The number of aryl methyl sites for hydroxylation is 1. The first-order valence-electron chi connectivity index (χ1n) is 6.09. The van der Waals surface area contributed by atoms with Gasteiger partial charge in [0.15, 0.2) is 0 Å². The Morgan fingerprint density at radius 3 is 2.70 bits per heavy atom. The van der Waals surface area contributed by atoms with Crippen LogP contribution in [0.25, 0.3) is 10.8 Å². The molecule has 1 heterocycles. The highest BCUT2D eigenvalue weighted by Gasteiger charge is 2.13. The fourth-order valence-corrected chi connectivity index (χ4v) is 2.04. The molecule has 0 aliphatic rings. The minimum atomic E-state index is -0.422. The number of phenolic OH excluding ortho intramolecular Hbond substituents is 1. The van der Waals surface area contributed by atoms with Gasteiger partial charge in [0.05, 0.1) is 6.20 Å². The van der Waals surface area contributed by atoms with Crippen LogP contribution in [-0.4, -0.2) is 16.0 Å². The zero-order valence-electron chi connectivity index (χ0n) is 10.8. The number of aromatic nitrogens is 1. The number of hydrogen-bond acceptors (Lipinski definition) is 4. The van der Waals surface area contributed by atoms with Gasteiger partial charge in [-0.25, -0.2) is 4.98 Å². The summed E-state index contributed by atoms with van der Waals surface area (Å²) in [4.78, 5) is 15.9. The van der Waals surface area contributed by atoms with E-state index in [2.05, 4.69) is 10.3 Å². The molecule has 20 heavy (non-hydrogen) atoms. The number of anilines is 1. The van der Waals surface area contributed by atoms with Gasteiger partial charge in [-0.15, -0.1) is 0 Å². The number of nitrogens with zero attached hydrogens (tertiary/aromatic N) is 1. The average Bonchev–Trinajstić information content (AvgIpc) is 2.87. The first kappa shape index (κ1) is 12.2. The van der Waals surface area contributed by atoms with Crippen LogP contribution in [0.2, 0.25) is 0 Å². The van der Waals surface area contributed by atoms with E-state index in [1.54, 1.807) is 37.3 Å². The maximum absolute atomic E-state index is 12.0. The molecular weight excluding hydrogens is 256 g/mol. The Morgan fingerprint density at radius 1 is 1.20 bits per heavy atom. The number of benzene rings is 2. The van der Waals surface area contributed by atoms with Crippen molar-refractivity contribution in [3.05, 3.63) is 54.2 Å². The summed E-state index contributed by atoms with van der Waals surface area (Å²) in [7, 11) is 0. The maximum Gasteiger partial charge on any atom is 0.311 e. The minimum absolute atomic E-state index is 0.0136. The number of amides is 1. The van der Waals surface area contributed by atoms with Crippen LogP contribution in [0.4, 0.5) is 5.69 Å². The number of aromatic hydroxyl groups is 1. The van der Waals surface area contributed by atoms with E-state index in [0.29, 0.717) is 16.8 Å². The van der Waals surface area contributed by atoms with Crippen LogP contribution < -0.4 is 5.32 Å². The van der Waals surface area contributed by atoms with Crippen molar-refractivity contribution in [3.63, 3.8) is 0 Å². The van der Waals surface area contributed by atoms with Crippen molar-refractivity contribution in [3.8, 4) is 5.75 Å². The van der Waals surface area contributed by atoms with Crippen LogP contribution in [0.5, 0.6) is 5.75 Å². The van der Waals surface area contributed by atoms with Crippen molar-refractivity contribution < 1.29 is 14.3 Å². The zero-order valence-corrected chi connectivity index (χ0v) is 10.8. The van der Waals surface area contributed by atoms with Crippen molar-refractivity contribution in [1.82, 2.24) is 4.98 Å². The lowest BCUT2D eigenvalue weighted by Gasteiger charge is -2.08. The highest BCUT2D eigenvalue weighted by molar-refractivity contribution is 6.08. The molecule has 100 valence electrons. The highest BCUT2D eigenvalue weighted by atomic mass is 16.4. The summed E-state index contributed by atoms with van der Waals surface area (Å²) in [6.45, 7) is 1.72. The van der Waals surface area contributed by atoms with E-state index < -0.39 is 5.91 Å². The van der Waals surface area contributed by atoms with Crippen LogP contribution in [0.15, 0.2) is 47.0 Å². The second-order valence-corrected chi connectivity index (χ2v) is 4.41. The van der Waals surface area contributed by atoms with Crippen LogP contribution in [0, 0.1) is 6.92 Å². The van der Waals surface area contributed by atoms with Crippen molar-refractivity contribution in [2.75, 3.05) is 5.32 Å². The Labute approximate surface area is 114 Å². The van der Waals surface area contributed by atoms with Crippen LogP contribution >= 0.6 is 0 Å². The third-order valence-electron chi connectivity index (χ3n) is 2.96. The molecule has 0 atom stereocenters. The fraction of sp³-hybridized carbons (Fsp3) is 0.0667. The molecule has 0 bridgehead atoms. The Bertz CT molecular complexity index is 793. The van der Waals surface area contributed by atoms with E-state index in [1.807, 2.05) is 6.07 Å². The average molecular weight is 268 g/mol. The number of carbonyl (C=O) groups excluding carboxylic acids is 1. The molecule has 3 rings (SSSR count). The molecule has 0 spiro atoms. The molecule has 2 N–H and O–H groups in total. The Hall–Kier alpha value is -2.82. The van der Waals surface area contributed by atoms with E-state index in [9.17, 15) is 9.90 Å². The molecule has 3 aromatic rings. The van der Waals surface area contributed by atoms with Crippen molar-refractivity contribution in [2.24, 2.45) is 0 Å². The van der Waals surface area contributed by atoms with Crippen molar-refractivity contribution in [2.45, 2.75) is 6.92 Å². The van der Waals surface area contributed by atoms with E-state index in [1.165, 1.54) is 6.20 Å². The first-order chi connectivity index (χ1) is 9.65. The highest BCUT2D eigenvalue weighted by Crippen LogP contribution is 2.29. The number of carbonyl (C=O) groups is 1. The van der Waals surface area contributed by atoms with Crippen molar-refractivity contribution >= 4 is 22.4 Å². The molecule has 5 heteroatoms. The van der Waals surface area contributed by atoms with Gasteiger partial charge in [-0.05, 0) is 19.1 Å². The smallest absolute Gasteiger partial charge is 0.311 e. The van der Waals surface area contributed by atoms with Crippen LogP contribution in [0.1, 0.15) is 16.4 Å². The second-order valence-electron chi connectivity index (χ2n) is 4.41. The third kappa shape index (κ3) is 2.09. The normalized spacial score (nSPS) is 10.7. The Morgan fingerprint density at radius 2 is 1.95 bits per heavy atom. The summed E-state index contributed by atoms with van der Waals surface area (Å²) in [5.74, 6) is 0.338. The molecule has 1 amide bonds. The molecule has 2 aromatic carbocycles. The predicted molar refractivity (Wildman–Crippen MR) is 74.8 cm³/mol. The summed E-state index contributed by atoms with van der Waals surface area (Å²) in [5.41, 5.74) is 0.597. The minimum Gasteiger partial charge on any atom is -0.507 e. The van der Waals surface area contributed by atoms with Gasteiger partial charge in [-0.2, -0.15) is 0 Å². The number of rotatable bonds is 2. The topological polar surface area (TPSA) is 75.4 Å². The molecule has 0 saturated carbocycles. The van der Waals surface area contributed by atoms with Gasteiger partial charge in [0.2, 0.25) is 0 Å². The van der Waals surface area contributed by atoms with Gasteiger partial charge >= 0.3 is 5.91 Å².